The van der Waals surface area contributed by atoms with Crippen molar-refractivity contribution in [3.8, 4) is 11.1 Å². The number of carbonyl (C=O) groups excluding carboxylic acids is 2. The van der Waals surface area contributed by atoms with E-state index in [4.69, 9.17) is 15.5 Å². The highest BCUT2D eigenvalue weighted by Crippen LogP contribution is 2.39. The van der Waals surface area contributed by atoms with Gasteiger partial charge >= 0.3 is 6.09 Å². The summed E-state index contributed by atoms with van der Waals surface area (Å²) in [5.74, 6) is 0.295. The topological polar surface area (TPSA) is 97.6 Å². The summed E-state index contributed by atoms with van der Waals surface area (Å²) in [6.07, 6.45) is 2.47. The van der Waals surface area contributed by atoms with Gasteiger partial charge in [-0.05, 0) is 69.6 Å². The van der Waals surface area contributed by atoms with Crippen LogP contribution in [-0.4, -0.2) is 35.7 Å². The van der Waals surface area contributed by atoms with Crippen LogP contribution in [0.15, 0.2) is 24.3 Å². The number of pyridine rings is 1. The summed E-state index contributed by atoms with van der Waals surface area (Å²) in [7, 11) is 1.72. The van der Waals surface area contributed by atoms with Gasteiger partial charge in [-0.3, -0.25) is 14.7 Å². The fourth-order valence-corrected chi connectivity index (χ4v) is 4.10. The Morgan fingerprint density at radius 2 is 1.83 bits per heavy atom. The minimum absolute atomic E-state index is 0.0280. The lowest BCUT2D eigenvalue weighted by molar-refractivity contribution is -0.120. The second kappa shape index (κ2) is 10.8. The number of nitrogens with one attached hydrogen (secondary N) is 1. The van der Waals surface area contributed by atoms with Crippen molar-refractivity contribution in [2.24, 2.45) is 11.7 Å². The van der Waals surface area contributed by atoms with E-state index in [1.54, 1.807) is 11.9 Å². The molecule has 0 saturated heterocycles. The van der Waals surface area contributed by atoms with E-state index in [1.807, 2.05) is 52.0 Å². The molecular weight excluding hydrogens is 440 g/mol. The maximum absolute atomic E-state index is 13.2. The van der Waals surface area contributed by atoms with Crippen LogP contribution in [0.3, 0.4) is 0 Å². The molecule has 2 aromatic rings. The summed E-state index contributed by atoms with van der Waals surface area (Å²) in [5.41, 5.74) is 11.1. The lowest BCUT2D eigenvalue weighted by atomic mass is 9.91. The third-order valence-electron chi connectivity index (χ3n) is 5.91. The number of aromatic nitrogens is 1. The standard InChI is InChI=1S/C28H40N4O3/c1-17(2)14-23-26(32(7)27(34)35-28(4,5)6)25(20-10-8-19(16-29)9-11-20)22(18(3)30-23)15-24(33)31-21-12-13-21/h8-11,17,21H,12-16,29H2,1-7H3,(H,31,33). The van der Waals surface area contributed by atoms with Crippen LogP contribution in [0, 0.1) is 12.8 Å². The molecule has 1 aliphatic carbocycles. The van der Waals surface area contributed by atoms with Crippen LogP contribution in [0.25, 0.3) is 11.1 Å². The summed E-state index contributed by atoms with van der Waals surface area (Å²) < 4.78 is 5.72. The summed E-state index contributed by atoms with van der Waals surface area (Å²) >= 11 is 0. The monoisotopic (exact) mass is 480 g/mol. The van der Waals surface area contributed by atoms with Crippen molar-refractivity contribution in [1.82, 2.24) is 10.3 Å². The first-order chi connectivity index (χ1) is 16.4. The smallest absolute Gasteiger partial charge is 0.414 e. The minimum atomic E-state index is -0.641. The van der Waals surface area contributed by atoms with Crippen LogP contribution in [0.5, 0.6) is 0 Å². The second-order valence-electron chi connectivity index (χ2n) is 10.9. The normalized spacial score (nSPS) is 13.6. The first-order valence-corrected chi connectivity index (χ1v) is 12.5. The van der Waals surface area contributed by atoms with Gasteiger partial charge in [-0.1, -0.05) is 38.1 Å². The summed E-state index contributed by atoms with van der Waals surface area (Å²) in [6, 6.07) is 8.25. The molecule has 3 rings (SSSR count). The maximum Gasteiger partial charge on any atom is 0.414 e. The molecular formula is C28H40N4O3. The van der Waals surface area contributed by atoms with Gasteiger partial charge in [0.2, 0.25) is 5.91 Å². The van der Waals surface area contributed by atoms with Crippen LogP contribution in [-0.2, 0) is 28.9 Å². The Kier molecular flexibility index (Phi) is 8.21. The molecule has 0 unspecified atom stereocenters. The first-order valence-electron chi connectivity index (χ1n) is 12.5. The molecule has 190 valence electrons. The van der Waals surface area contributed by atoms with E-state index in [1.165, 1.54) is 0 Å². The van der Waals surface area contributed by atoms with Crippen molar-refractivity contribution in [1.29, 1.82) is 0 Å². The molecule has 3 N–H and O–H groups in total. The van der Waals surface area contributed by atoms with Crippen LogP contribution >= 0.6 is 0 Å². The lowest BCUT2D eigenvalue weighted by Gasteiger charge is -2.29. The van der Waals surface area contributed by atoms with E-state index in [-0.39, 0.29) is 18.4 Å². The molecule has 2 amide bonds. The van der Waals surface area contributed by atoms with E-state index >= 15 is 0 Å². The van der Waals surface area contributed by atoms with Crippen LogP contribution in [0.4, 0.5) is 10.5 Å². The van der Waals surface area contributed by atoms with Crippen LogP contribution in [0.2, 0.25) is 0 Å². The molecule has 1 aromatic heterocycles. The largest absolute Gasteiger partial charge is 0.443 e. The molecule has 0 radical (unpaired) electrons. The predicted octanol–water partition coefficient (Wildman–Crippen LogP) is 4.91. The van der Waals surface area contributed by atoms with Gasteiger partial charge in [-0.15, -0.1) is 0 Å². The number of hydrogen-bond acceptors (Lipinski definition) is 5. The van der Waals surface area contributed by atoms with E-state index in [0.717, 1.165) is 46.5 Å². The SMILES string of the molecule is Cc1nc(CC(C)C)c(N(C)C(=O)OC(C)(C)C)c(-c2ccc(CN)cc2)c1CC(=O)NC1CC1. The highest BCUT2D eigenvalue weighted by molar-refractivity contribution is 5.97. The highest BCUT2D eigenvalue weighted by atomic mass is 16.6. The Bertz CT molecular complexity index is 1070. The Labute approximate surface area is 209 Å². The third-order valence-corrected chi connectivity index (χ3v) is 5.91. The summed E-state index contributed by atoms with van der Waals surface area (Å²) in [4.78, 5) is 32.6. The van der Waals surface area contributed by atoms with E-state index in [9.17, 15) is 9.59 Å². The van der Waals surface area contributed by atoms with E-state index in [0.29, 0.717) is 24.6 Å². The molecule has 35 heavy (non-hydrogen) atoms. The Morgan fingerprint density at radius 1 is 1.20 bits per heavy atom. The fourth-order valence-electron chi connectivity index (χ4n) is 4.10. The Balaban J connectivity index is 2.22. The number of carbonyl (C=O) groups is 2. The highest BCUT2D eigenvalue weighted by Gasteiger charge is 2.30. The summed E-state index contributed by atoms with van der Waals surface area (Å²) in [6.45, 7) is 12.2. The number of anilines is 1. The second-order valence-corrected chi connectivity index (χ2v) is 10.9. The number of amides is 2. The fraction of sp³-hybridized carbons (Fsp3) is 0.536. The Hall–Kier alpha value is -2.93. The number of ether oxygens (including phenoxy) is 1. The van der Waals surface area contributed by atoms with Crippen molar-refractivity contribution in [3.05, 3.63) is 46.8 Å². The zero-order valence-electron chi connectivity index (χ0n) is 22.2. The number of aryl methyl sites for hydroxylation is 1. The van der Waals surface area contributed by atoms with Gasteiger partial charge in [0.15, 0.2) is 0 Å². The van der Waals surface area contributed by atoms with Gasteiger partial charge in [0.05, 0.1) is 17.8 Å². The molecule has 1 saturated carbocycles. The van der Waals surface area contributed by atoms with Gasteiger partial charge < -0.3 is 15.8 Å². The van der Waals surface area contributed by atoms with Crippen molar-refractivity contribution in [3.63, 3.8) is 0 Å². The molecule has 7 nitrogen and oxygen atoms in total. The number of nitrogens with two attached hydrogens (primary N) is 1. The first kappa shape index (κ1) is 26.7. The molecule has 0 bridgehead atoms. The lowest BCUT2D eigenvalue weighted by Crippen LogP contribution is -2.35. The average molecular weight is 481 g/mol. The molecule has 1 fully saturated rings. The average Bonchev–Trinajstić information content (AvgIpc) is 3.57. The maximum atomic E-state index is 13.2. The van der Waals surface area contributed by atoms with Gasteiger partial charge in [-0.2, -0.15) is 0 Å². The van der Waals surface area contributed by atoms with Crippen molar-refractivity contribution >= 4 is 17.7 Å². The van der Waals surface area contributed by atoms with Gasteiger partial charge in [0.1, 0.15) is 5.60 Å². The molecule has 1 aliphatic rings. The molecule has 7 heteroatoms. The summed E-state index contributed by atoms with van der Waals surface area (Å²) in [5, 5.41) is 3.09. The van der Waals surface area contributed by atoms with Crippen molar-refractivity contribution < 1.29 is 14.3 Å². The van der Waals surface area contributed by atoms with Crippen LogP contribution in [0.1, 0.15) is 70.0 Å². The molecule has 0 spiro atoms. The van der Waals surface area contributed by atoms with Crippen molar-refractivity contribution in [2.45, 2.75) is 85.4 Å². The quantitative estimate of drug-likeness (QED) is 0.560. The van der Waals surface area contributed by atoms with Gasteiger partial charge in [-0.25, -0.2) is 4.79 Å². The van der Waals surface area contributed by atoms with E-state index in [2.05, 4.69) is 19.2 Å². The Morgan fingerprint density at radius 3 is 2.34 bits per heavy atom. The zero-order valence-corrected chi connectivity index (χ0v) is 22.2. The zero-order chi connectivity index (χ0) is 25.9. The molecule has 0 atom stereocenters. The number of hydrogen-bond donors (Lipinski definition) is 2. The minimum Gasteiger partial charge on any atom is -0.443 e. The van der Waals surface area contributed by atoms with Gasteiger partial charge in [0, 0.05) is 30.9 Å². The third kappa shape index (κ3) is 7.04. The molecule has 1 heterocycles. The molecule has 1 aromatic carbocycles. The number of benzene rings is 1. The number of nitrogens with zero attached hydrogens (tertiary/aromatic N) is 2. The van der Waals surface area contributed by atoms with Crippen molar-refractivity contribution in [2.75, 3.05) is 11.9 Å². The van der Waals surface area contributed by atoms with E-state index < -0.39 is 11.7 Å². The van der Waals surface area contributed by atoms with Crippen LogP contribution < -0.4 is 16.0 Å². The predicted molar refractivity (Wildman–Crippen MR) is 140 cm³/mol. The number of rotatable bonds is 8. The van der Waals surface area contributed by atoms with Gasteiger partial charge in [0.25, 0.3) is 0 Å². The molecule has 0 aliphatic heterocycles.